The number of ether oxygens (including phenoxy) is 1. The SMILES string of the molecule is O=C(CN1C(=O)COc2ccc(-c3csc(-c4ccccc4)n3)cc21)Nc1ccccc1Cl. The van der Waals surface area contributed by atoms with E-state index in [0.717, 1.165) is 21.8 Å². The average Bonchev–Trinajstić information content (AvgIpc) is 3.33. The average molecular weight is 476 g/mol. The summed E-state index contributed by atoms with van der Waals surface area (Å²) in [5.74, 6) is -0.102. The summed E-state index contributed by atoms with van der Waals surface area (Å²) in [6.45, 7) is -0.281. The number of carbonyl (C=O) groups is 2. The Hall–Kier alpha value is -3.68. The van der Waals surface area contributed by atoms with Gasteiger partial charge in [0, 0.05) is 16.5 Å². The Morgan fingerprint density at radius 2 is 1.85 bits per heavy atom. The Morgan fingerprint density at radius 1 is 1.06 bits per heavy atom. The highest BCUT2D eigenvalue weighted by Gasteiger charge is 2.28. The van der Waals surface area contributed by atoms with Crippen LogP contribution in [0.3, 0.4) is 0 Å². The summed E-state index contributed by atoms with van der Waals surface area (Å²) < 4.78 is 5.59. The second kappa shape index (κ2) is 9.05. The summed E-state index contributed by atoms with van der Waals surface area (Å²) in [7, 11) is 0. The van der Waals surface area contributed by atoms with Crippen molar-refractivity contribution >= 4 is 46.1 Å². The maximum atomic E-state index is 12.7. The predicted octanol–water partition coefficient (Wildman–Crippen LogP) is 5.49. The number of benzene rings is 3. The lowest BCUT2D eigenvalue weighted by molar-refractivity contribution is -0.123. The molecule has 0 saturated carbocycles. The number of fused-ring (bicyclic) bond motifs is 1. The molecule has 8 heteroatoms. The molecule has 0 saturated heterocycles. The fourth-order valence-electron chi connectivity index (χ4n) is 3.55. The molecule has 5 rings (SSSR count). The topological polar surface area (TPSA) is 71.5 Å². The van der Waals surface area contributed by atoms with Crippen molar-refractivity contribution in [3.8, 4) is 27.6 Å². The largest absolute Gasteiger partial charge is 0.482 e. The van der Waals surface area contributed by atoms with Gasteiger partial charge in [0.1, 0.15) is 17.3 Å². The summed E-state index contributed by atoms with van der Waals surface area (Å²) in [5, 5.41) is 6.08. The second-order valence-corrected chi connectivity index (χ2v) is 8.65. The molecule has 1 aliphatic heterocycles. The van der Waals surface area contributed by atoms with Crippen molar-refractivity contribution in [1.82, 2.24) is 4.98 Å². The Kier molecular flexibility index (Phi) is 5.81. The molecule has 4 aromatic rings. The van der Waals surface area contributed by atoms with Crippen molar-refractivity contribution in [1.29, 1.82) is 0 Å². The normalized spacial score (nSPS) is 12.8. The van der Waals surface area contributed by atoms with E-state index in [4.69, 9.17) is 21.3 Å². The van der Waals surface area contributed by atoms with Gasteiger partial charge in [-0.05, 0) is 30.3 Å². The van der Waals surface area contributed by atoms with Crippen LogP contribution in [-0.2, 0) is 9.59 Å². The number of hydrogen-bond acceptors (Lipinski definition) is 5. The molecule has 33 heavy (non-hydrogen) atoms. The maximum Gasteiger partial charge on any atom is 0.265 e. The standard InChI is InChI=1S/C25H18ClN3O3S/c26-18-8-4-5-9-19(18)27-23(30)13-29-21-12-17(10-11-22(21)32-14-24(29)31)20-15-33-25(28-20)16-6-2-1-3-7-16/h1-12,15H,13-14H2,(H,27,30). The lowest BCUT2D eigenvalue weighted by atomic mass is 10.1. The number of thiazole rings is 1. The highest BCUT2D eigenvalue weighted by molar-refractivity contribution is 7.13. The van der Waals surface area contributed by atoms with Crippen molar-refractivity contribution in [2.24, 2.45) is 0 Å². The van der Waals surface area contributed by atoms with E-state index in [-0.39, 0.29) is 25.0 Å². The monoisotopic (exact) mass is 475 g/mol. The number of aromatic nitrogens is 1. The van der Waals surface area contributed by atoms with E-state index >= 15 is 0 Å². The fourth-order valence-corrected chi connectivity index (χ4v) is 4.57. The first-order valence-electron chi connectivity index (χ1n) is 10.2. The van der Waals surface area contributed by atoms with Crippen LogP contribution in [0.4, 0.5) is 11.4 Å². The van der Waals surface area contributed by atoms with Crippen LogP contribution in [0.2, 0.25) is 5.02 Å². The van der Waals surface area contributed by atoms with Crippen LogP contribution in [0.25, 0.3) is 21.8 Å². The highest BCUT2D eigenvalue weighted by atomic mass is 35.5. The number of nitrogens with zero attached hydrogens (tertiary/aromatic N) is 2. The molecule has 1 aromatic heterocycles. The van der Waals surface area contributed by atoms with Crippen molar-refractivity contribution in [3.05, 3.63) is 83.2 Å². The van der Waals surface area contributed by atoms with Crippen LogP contribution in [0.5, 0.6) is 5.75 Å². The van der Waals surface area contributed by atoms with Gasteiger partial charge in [-0.3, -0.25) is 14.5 Å². The molecule has 0 aliphatic carbocycles. The zero-order chi connectivity index (χ0) is 22.8. The van der Waals surface area contributed by atoms with Gasteiger partial charge in [0.2, 0.25) is 5.91 Å². The molecule has 0 bridgehead atoms. The first-order valence-corrected chi connectivity index (χ1v) is 11.5. The quantitative estimate of drug-likeness (QED) is 0.414. The summed E-state index contributed by atoms with van der Waals surface area (Å²) in [5.41, 5.74) is 3.70. The van der Waals surface area contributed by atoms with Gasteiger partial charge in [0.05, 0.1) is 22.1 Å². The van der Waals surface area contributed by atoms with Gasteiger partial charge in [-0.1, -0.05) is 54.1 Å². The molecule has 3 aromatic carbocycles. The second-order valence-electron chi connectivity index (χ2n) is 7.38. The van der Waals surface area contributed by atoms with Gasteiger partial charge >= 0.3 is 0 Å². The number of anilines is 2. The highest BCUT2D eigenvalue weighted by Crippen LogP contribution is 2.37. The number of nitrogens with one attached hydrogen (secondary N) is 1. The first kappa shape index (κ1) is 21.2. The van der Waals surface area contributed by atoms with Crippen LogP contribution in [0, 0.1) is 0 Å². The first-order chi connectivity index (χ1) is 16.1. The number of carbonyl (C=O) groups excluding carboxylic acids is 2. The third kappa shape index (κ3) is 4.46. The van der Waals surface area contributed by atoms with Crippen molar-refractivity contribution < 1.29 is 14.3 Å². The van der Waals surface area contributed by atoms with Crippen LogP contribution >= 0.6 is 22.9 Å². The predicted molar refractivity (Wildman–Crippen MR) is 131 cm³/mol. The molecule has 0 radical (unpaired) electrons. The van der Waals surface area contributed by atoms with Crippen LogP contribution in [0.1, 0.15) is 0 Å². The minimum atomic E-state index is -0.352. The molecular weight excluding hydrogens is 458 g/mol. The number of para-hydroxylation sites is 1. The lowest BCUT2D eigenvalue weighted by Crippen LogP contribution is -2.43. The van der Waals surface area contributed by atoms with E-state index in [0.29, 0.717) is 22.1 Å². The van der Waals surface area contributed by atoms with Crippen LogP contribution in [0.15, 0.2) is 78.2 Å². The van der Waals surface area contributed by atoms with Gasteiger partial charge in [0.15, 0.2) is 6.61 Å². The lowest BCUT2D eigenvalue weighted by Gasteiger charge is -2.29. The minimum absolute atomic E-state index is 0.124. The fraction of sp³-hybridized carbons (Fsp3) is 0.0800. The summed E-state index contributed by atoms with van der Waals surface area (Å²) in [6.07, 6.45) is 0. The van der Waals surface area contributed by atoms with E-state index in [9.17, 15) is 9.59 Å². The van der Waals surface area contributed by atoms with E-state index in [1.807, 2.05) is 47.8 Å². The van der Waals surface area contributed by atoms with E-state index in [2.05, 4.69) is 5.32 Å². The maximum absolute atomic E-state index is 12.7. The minimum Gasteiger partial charge on any atom is -0.482 e. The number of amides is 2. The molecule has 0 spiro atoms. The van der Waals surface area contributed by atoms with Gasteiger partial charge in [-0.2, -0.15) is 0 Å². The zero-order valence-electron chi connectivity index (χ0n) is 17.3. The summed E-state index contributed by atoms with van der Waals surface area (Å²) in [6, 6.07) is 22.4. The molecule has 6 nitrogen and oxygen atoms in total. The summed E-state index contributed by atoms with van der Waals surface area (Å²) in [4.78, 5) is 31.5. The van der Waals surface area contributed by atoms with Gasteiger partial charge < -0.3 is 10.1 Å². The molecule has 0 unspecified atom stereocenters. The third-order valence-electron chi connectivity index (χ3n) is 5.17. The van der Waals surface area contributed by atoms with Crippen molar-refractivity contribution in [2.75, 3.05) is 23.4 Å². The summed E-state index contributed by atoms with van der Waals surface area (Å²) >= 11 is 7.68. The Labute approximate surface area is 199 Å². The molecule has 1 N–H and O–H groups in total. The number of rotatable bonds is 5. The number of hydrogen-bond donors (Lipinski definition) is 1. The molecule has 2 amide bonds. The van der Waals surface area contributed by atoms with Crippen molar-refractivity contribution in [2.45, 2.75) is 0 Å². The number of halogens is 1. The van der Waals surface area contributed by atoms with Gasteiger partial charge in [0.25, 0.3) is 5.91 Å². The van der Waals surface area contributed by atoms with E-state index < -0.39 is 0 Å². The Balaban J connectivity index is 1.41. The van der Waals surface area contributed by atoms with E-state index in [1.165, 1.54) is 4.90 Å². The molecule has 1 aliphatic rings. The Bertz CT molecular complexity index is 1340. The van der Waals surface area contributed by atoms with Crippen LogP contribution < -0.4 is 15.0 Å². The molecule has 0 fully saturated rings. The van der Waals surface area contributed by atoms with Gasteiger partial charge in [-0.15, -0.1) is 11.3 Å². The van der Waals surface area contributed by atoms with Crippen molar-refractivity contribution in [3.63, 3.8) is 0 Å². The molecule has 164 valence electrons. The third-order valence-corrected chi connectivity index (χ3v) is 6.39. The molecule has 0 atom stereocenters. The van der Waals surface area contributed by atoms with Gasteiger partial charge in [-0.25, -0.2) is 4.98 Å². The smallest absolute Gasteiger partial charge is 0.265 e. The zero-order valence-corrected chi connectivity index (χ0v) is 18.9. The molecule has 2 heterocycles. The van der Waals surface area contributed by atoms with Crippen LogP contribution in [-0.4, -0.2) is 29.9 Å². The Morgan fingerprint density at radius 3 is 2.67 bits per heavy atom. The molecular formula is C25H18ClN3O3S. The van der Waals surface area contributed by atoms with E-state index in [1.54, 1.807) is 41.7 Å².